The molecule has 0 fully saturated rings. The summed E-state index contributed by atoms with van der Waals surface area (Å²) >= 11 is 0. The molecule has 3 aromatic heterocycles. The molecule has 40 heavy (non-hydrogen) atoms. The number of alkyl halides is 3. The van der Waals surface area contributed by atoms with Crippen molar-refractivity contribution in [2.24, 2.45) is 0 Å². The summed E-state index contributed by atoms with van der Waals surface area (Å²) in [6.07, 6.45) is -0.242. The molecule has 204 valence electrons. The second-order valence-corrected chi connectivity index (χ2v) is 8.60. The van der Waals surface area contributed by atoms with Crippen LogP contribution in [0, 0.1) is 0 Å². The fourth-order valence-electron chi connectivity index (χ4n) is 4.13. The lowest BCUT2D eigenvalue weighted by Crippen LogP contribution is -2.14. The van der Waals surface area contributed by atoms with Crippen molar-refractivity contribution in [2.45, 2.75) is 12.7 Å². The van der Waals surface area contributed by atoms with Gasteiger partial charge in [0.2, 0.25) is 0 Å². The molecule has 0 aliphatic heterocycles. The van der Waals surface area contributed by atoms with E-state index in [4.69, 9.17) is 9.47 Å². The van der Waals surface area contributed by atoms with Crippen LogP contribution in [-0.2, 0) is 12.7 Å². The third-order valence-electron chi connectivity index (χ3n) is 6.15. The molecular formula is C28H23F3N6O3. The van der Waals surface area contributed by atoms with Crippen LogP contribution >= 0.6 is 0 Å². The van der Waals surface area contributed by atoms with Gasteiger partial charge in [-0.2, -0.15) is 13.2 Å². The van der Waals surface area contributed by atoms with Crippen LogP contribution in [0.5, 0.6) is 11.5 Å². The number of anilines is 2. The predicted octanol–water partition coefficient (Wildman–Crippen LogP) is 5.72. The van der Waals surface area contributed by atoms with Crippen LogP contribution in [-0.4, -0.2) is 39.6 Å². The van der Waals surface area contributed by atoms with Crippen LogP contribution < -0.4 is 20.1 Å². The Bertz CT molecular complexity index is 1670. The maximum atomic E-state index is 13.0. The molecule has 12 heteroatoms. The fourth-order valence-corrected chi connectivity index (χ4v) is 4.13. The summed E-state index contributed by atoms with van der Waals surface area (Å²) in [7, 11) is 3.18. The van der Waals surface area contributed by atoms with E-state index in [0.29, 0.717) is 29.4 Å². The van der Waals surface area contributed by atoms with Crippen LogP contribution in [0.4, 0.5) is 24.8 Å². The molecule has 3 heterocycles. The van der Waals surface area contributed by atoms with Crippen molar-refractivity contribution < 1.29 is 27.4 Å². The van der Waals surface area contributed by atoms with E-state index in [0.717, 1.165) is 35.1 Å². The van der Waals surface area contributed by atoms with E-state index in [1.54, 1.807) is 44.6 Å². The minimum Gasteiger partial charge on any atom is -0.497 e. The van der Waals surface area contributed by atoms with Gasteiger partial charge in [0, 0.05) is 41.8 Å². The summed E-state index contributed by atoms with van der Waals surface area (Å²) in [6.45, 7) is 0.424. The zero-order valence-corrected chi connectivity index (χ0v) is 21.4. The zero-order chi connectivity index (χ0) is 28.3. The smallest absolute Gasteiger partial charge is 0.416 e. The van der Waals surface area contributed by atoms with Crippen LogP contribution in [0.15, 0.2) is 79.4 Å². The van der Waals surface area contributed by atoms with Crippen LogP contribution in [0.25, 0.3) is 16.7 Å². The Morgan fingerprint density at radius 1 is 0.950 bits per heavy atom. The average Bonchev–Trinajstić information content (AvgIpc) is 3.40. The standard InChI is InChI=1S/C28H23F3N6O3/c1-39-21-8-5-18(23(14-21)40-2)15-33-26-25-22(34-16-35-26)10-12-37(25)20-6-3-17(4-7-20)27(38)36-24-13-19(9-11-32-24)28(29,30)31/h3-14,16H,15H2,1-2H3,(H,32,36,38)(H,33,34,35). The van der Waals surface area contributed by atoms with Crippen LogP contribution in [0.1, 0.15) is 21.5 Å². The summed E-state index contributed by atoms with van der Waals surface area (Å²) < 4.78 is 51.6. The highest BCUT2D eigenvalue weighted by Gasteiger charge is 2.30. The number of nitrogens with zero attached hydrogens (tertiary/aromatic N) is 4. The number of pyridine rings is 1. The summed E-state index contributed by atoms with van der Waals surface area (Å²) in [6, 6.07) is 15.6. The maximum Gasteiger partial charge on any atom is 0.416 e. The number of halogens is 3. The second kappa shape index (κ2) is 10.9. The molecule has 2 aromatic carbocycles. The van der Waals surface area contributed by atoms with Gasteiger partial charge in [-0.15, -0.1) is 0 Å². The van der Waals surface area contributed by atoms with E-state index in [1.165, 1.54) is 6.33 Å². The monoisotopic (exact) mass is 548 g/mol. The Kier molecular flexibility index (Phi) is 7.23. The van der Waals surface area contributed by atoms with E-state index in [9.17, 15) is 18.0 Å². The van der Waals surface area contributed by atoms with Gasteiger partial charge in [0.15, 0.2) is 5.82 Å². The molecular weight excluding hydrogens is 525 g/mol. The first-order chi connectivity index (χ1) is 19.3. The highest BCUT2D eigenvalue weighted by molar-refractivity contribution is 6.04. The van der Waals surface area contributed by atoms with Gasteiger partial charge in [0.05, 0.1) is 25.3 Å². The number of hydrogen-bond donors (Lipinski definition) is 2. The largest absolute Gasteiger partial charge is 0.497 e. The number of amides is 1. The first kappa shape index (κ1) is 26.5. The van der Waals surface area contributed by atoms with Crippen molar-refractivity contribution in [3.05, 3.63) is 96.1 Å². The summed E-state index contributed by atoms with van der Waals surface area (Å²) in [4.78, 5) is 25.3. The minimum absolute atomic E-state index is 0.193. The molecule has 0 saturated heterocycles. The second-order valence-electron chi connectivity index (χ2n) is 8.60. The molecule has 0 aliphatic carbocycles. The summed E-state index contributed by atoms with van der Waals surface area (Å²) in [5.74, 6) is 1.16. The van der Waals surface area contributed by atoms with Gasteiger partial charge in [-0.05, 0) is 54.6 Å². The Morgan fingerprint density at radius 2 is 1.75 bits per heavy atom. The number of carbonyl (C=O) groups is 1. The number of fused-ring (bicyclic) bond motifs is 1. The lowest BCUT2D eigenvalue weighted by molar-refractivity contribution is -0.137. The van der Waals surface area contributed by atoms with Gasteiger partial charge >= 0.3 is 6.18 Å². The summed E-state index contributed by atoms with van der Waals surface area (Å²) in [5, 5.41) is 5.75. The first-order valence-electron chi connectivity index (χ1n) is 12.0. The summed E-state index contributed by atoms with van der Waals surface area (Å²) in [5.41, 5.74) is 2.41. The first-order valence-corrected chi connectivity index (χ1v) is 12.0. The number of rotatable bonds is 8. The third-order valence-corrected chi connectivity index (χ3v) is 6.15. The molecule has 0 saturated carbocycles. The SMILES string of the molecule is COc1ccc(CNc2ncnc3ccn(-c4ccc(C(=O)Nc5cc(C(F)(F)F)ccn5)cc4)c23)c(OC)c1. The van der Waals surface area contributed by atoms with Crippen LogP contribution in [0.3, 0.4) is 0 Å². The minimum atomic E-state index is -4.54. The predicted molar refractivity (Wildman–Crippen MR) is 143 cm³/mol. The van der Waals surface area contributed by atoms with Gasteiger partial charge in [0.1, 0.15) is 29.2 Å². The van der Waals surface area contributed by atoms with Crippen LogP contribution in [0.2, 0.25) is 0 Å². The molecule has 0 unspecified atom stereocenters. The molecule has 5 rings (SSSR count). The molecule has 5 aromatic rings. The third kappa shape index (κ3) is 5.51. The van der Waals surface area contributed by atoms with Crippen molar-refractivity contribution in [3.8, 4) is 17.2 Å². The van der Waals surface area contributed by atoms with E-state index in [-0.39, 0.29) is 11.4 Å². The highest BCUT2D eigenvalue weighted by Crippen LogP contribution is 2.30. The maximum absolute atomic E-state index is 13.0. The molecule has 0 bridgehead atoms. The number of ether oxygens (including phenoxy) is 2. The Labute approximate surface area is 226 Å². The van der Waals surface area contributed by atoms with Gasteiger partial charge in [-0.25, -0.2) is 15.0 Å². The molecule has 1 amide bonds. The Balaban J connectivity index is 1.36. The number of carbonyl (C=O) groups excluding carboxylic acids is 1. The van der Waals surface area contributed by atoms with E-state index in [1.807, 2.05) is 29.0 Å². The Morgan fingerprint density at radius 3 is 2.48 bits per heavy atom. The quantitative estimate of drug-likeness (QED) is 0.256. The van der Waals surface area contributed by atoms with Gasteiger partial charge in [0.25, 0.3) is 5.91 Å². The van der Waals surface area contributed by atoms with Gasteiger partial charge < -0.3 is 24.7 Å². The van der Waals surface area contributed by atoms with E-state index in [2.05, 4.69) is 25.6 Å². The lowest BCUT2D eigenvalue weighted by Gasteiger charge is -2.14. The molecule has 0 atom stereocenters. The van der Waals surface area contributed by atoms with Crippen molar-refractivity contribution in [3.63, 3.8) is 0 Å². The Hall–Kier alpha value is -5.13. The van der Waals surface area contributed by atoms with Crippen molar-refractivity contribution in [1.29, 1.82) is 0 Å². The number of hydrogen-bond acceptors (Lipinski definition) is 7. The molecule has 0 spiro atoms. The molecule has 0 aliphatic rings. The number of benzene rings is 2. The molecule has 2 N–H and O–H groups in total. The van der Waals surface area contributed by atoms with Gasteiger partial charge in [-0.1, -0.05) is 0 Å². The van der Waals surface area contributed by atoms with E-state index < -0.39 is 17.6 Å². The normalized spacial score (nSPS) is 11.3. The lowest BCUT2D eigenvalue weighted by atomic mass is 10.2. The van der Waals surface area contributed by atoms with Crippen molar-refractivity contribution in [2.75, 3.05) is 24.9 Å². The van der Waals surface area contributed by atoms with Gasteiger partial charge in [-0.3, -0.25) is 4.79 Å². The topological polar surface area (TPSA) is 103 Å². The number of aromatic nitrogens is 4. The number of methoxy groups -OCH3 is 2. The highest BCUT2D eigenvalue weighted by atomic mass is 19.4. The zero-order valence-electron chi connectivity index (χ0n) is 21.4. The number of nitrogens with one attached hydrogen (secondary N) is 2. The van der Waals surface area contributed by atoms with Crippen molar-refractivity contribution in [1.82, 2.24) is 19.5 Å². The average molecular weight is 549 g/mol. The van der Waals surface area contributed by atoms with Crippen molar-refractivity contribution >= 4 is 28.6 Å². The molecule has 9 nitrogen and oxygen atoms in total. The molecule has 0 radical (unpaired) electrons. The van der Waals surface area contributed by atoms with E-state index >= 15 is 0 Å². The fraction of sp³-hybridized carbons (Fsp3) is 0.143.